The van der Waals surface area contributed by atoms with Crippen LogP contribution in [0.2, 0.25) is 0 Å². The predicted octanol–water partition coefficient (Wildman–Crippen LogP) is 6.73. The van der Waals surface area contributed by atoms with Gasteiger partial charge in [0.15, 0.2) is 0 Å². The Hall–Kier alpha value is -0.0800. The number of rotatable bonds is 18. The molecular formula is C22H47NO. The van der Waals surface area contributed by atoms with Crippen molar-refractivity contribution in [2.24, 2.45) is 5.41 Å². The van der Waals surface area contributed by atoms with Crippen LogP contribution < -0.4 is 5.32 Å². The summed E-state index contributed by atoms with van der Waals surface area (Å²) in [6, 6.07) is 0. The average Bonchev–Trinajstić information content (AvgIpc) is 2.52. The minimum atomic E-state index is 0.528. The number of nitrogens with one attached hydrogen (secondary N) is 1. The van der Waals surface area contributed by atoms with Crippen LogP contribution in [0.4, 0.5) is 0 Å². The maximum atomic E-state index is 5.04. The van der Waals surface area contributed by atoms with E-state index in [-0.39, 0.29) is 0 Å². The quantitative estimate of drug-likeness (QED) is 0.279. The smallest absolute Gasteiger partial charge is 0.0474 e. The molecule has 0 aromatic heterocycles. The molecule has 146 valence electrons. The Morgan fingerprint density at radius 1 is 0.583 bits per heavy atom. The summed E-state index contributed by atoms with van der Waals surface area (Å²) in [5, 5.41) is 3.49. The van der Waals surface area contributed by atoms with Gasteiger partial charge in [-0.25, -0.2) is 0 Å². The molecular weight excluding hydrogens is 294 g/mol. The normalized spacial score (nSPS) is 12.0. The van der Waals surface area contributed by atoms with Gasteiger partial charge in [-0.1, -0.05) is 91.4 Å². The van der Waals surface area contributed by atoms with Crippen molar-refractivity contribution in [3.05, 3.63) is 0 Å². The van der Waals surface area contributed by atoms with Crippen LogP contribution in [0, 0.1) is 5.41 Å². The molecule has 0 bridgehead atoms. The van der Waals surface area contributed by atoms with Crippen LogP contribution in [-0.4, -0.2) is 26.8 Å². The molecule has 0 aromatic rings. The summed E-state index contributed by atoms with van der Waals surface area (Å²) < 4.78 is 5.04. The Labute approximate surface area is 153 Å². The predicted molar refractivity (Wildman–Crippen MR) is 109 cm³/mol. The highest BCUT2D eigenvalue weighted by molar-refractivity contribution is 4.61. The molecule has 0 aliphatic heterocycles. The Kier molecular flexibility index (Phi) is 17.7. The van der Waals surface area contributed by atoms with Gasteiger partial charge in [-0.05, 0) is 37.8 Å². The first-order chi connectivity index (χ1) is 11.6. The molecule has 0 atom stereocenters. The molecule has 0 amide bonds. The fourth-order valence-corrected chi connectivity index (χ4v) is 3.14. The number of hydrogen-bond donors (Lipinski definition) is 1. The fourth-order valence-electron chi connectivity index (χ4n) is 3.14. The molecule has 24 heavy (non-hydrogen) atoms. The van der Waals surface area contributed by atoms with Gasteiger partial charge in [0, 0.05) is 13.7 Å². The van der Waals surface area contributed by atoms with Crippen LogP contribution in [-0.2, 0) is 4.74 Å². The first kappa shape index (κ1) is 23.9. The molecule has 0 fully saturated rings. The summed E-state index contributed by atoms with van der Waals surface area (Å²) in [7, 11) is 1.77. The third kappa shape index (κ3) is 21.9. The van der Waals surface area contributed by atoms with Gasteiger partial charge in [0.2, 0.25) is 0 Å². The minimum Gasteiger partial charge on any atom is -0.385 e. The maximum Gasteiger partial charge on any atom is 0.0474 e. The van der Waals surface area contributed by atoms with Gasteiger partial charge in [0.05, 0.1) is 0 Å². The summed E-state index contributed by atoms with van der Waals surface area (Å²) in [4.78, 5) is 0. The first-order valence-corrected chi connectivity index (χ1v) is 10.8. The number of ether oxygens (including phenoxy) is 1. The van der Waals surface area contributed by atoms with Crippen molar-refractivity contribution in [2.75, 3.05) is 26.8 Å². The second-order valence-electron chi connectivity index (χ2n) is 8.65. The standard InChI is InChI=1S/C22H47NO/c1-22(2,3)18-15-13-11-9-7-5-6-8-10-12-14-16-19-23-20-17-21-24-4/h23H,5-21H2,1-4H3. The minimum absolute atomic E-state index is 0.528. The van der Waals surface area contributed by atoms with Gasteiger partial charge < -0.3 is 10.1 Å². The van der Waals surface area contributed by atoms with Gasteiger partial charge in [0.25, 0.3) is 0 Å². The van der Waals surface area contributed by atoms with Crippen LogP contribution in [0.3, 0.4) is 0 Å². The zero-order valence-electron chi connectivity index (χ0n) is 17.4. The number of unbranched alkanes of at least 4 members (excludes halogenated alkanes) is 11. The van der Waals surface area contributed by atoms with E-state index in [2.05, 4.69) is 26.1 Å². The van der Waals surface area contributed by atoms with Gasteiger partial charge in [0.1, 0.15) is 0 Å². The molecule has 0 aliphatic rings. The second-order valence-corrected chi connectivity index (χ2v) is 8.65. The van der Waals surface area contributed by atoms with E-state index in [4.69, 9.17) is 4.74 Å². The summed E-state index contributed by atoms with van der Waals surface area (Å²) in [5.41, 5.74) is 0.528. The monoisotopic (exact) mass is 341 g/mol. The molecule has 0 aromatic carbocycles. The Morgan fingerprint density at radius 2 is 1.00 bits per heavy atom. The number of hydrogen-bond acceptors (Lipinski definition) is 2. The first-order valence-electron chi connectivity index (χ1n) is 10.8. The lowest BCUT2D eigenvalue weighted by Crippen LogP contribution is -2.17. The van der Waals surface area contributed by atoms with Crippen molar-refractivity contribution < 1.29 is 4.74 Å². The van der Waals surface area contributed by atoms with Crippen LogP contribution in [0.5, 0.6) is 0 Å². The van der Waals surface area contributed by atoms with E-state index in [0.29, 0.717) is 5.41 Å². The lowest BCUT2D eigenvalue weighted by atomic mass is 9.89. The maximum absolute atomic E-state index is 5.04. The lowest BCUT2D eigenvalue weighted by molar-refractivity contribution is 0.194. The molecule has 0 aliphatic carbocycles. The summed E-state index contributed by atoms with van der Waals surface area (Å²) >= 11 is 0. The summed E-state index contributed by atoms with van der Waals surface area (Å²) in [5.74, 6) is 0. The van der Waals surface area contributed by atoms with Gasteiger partial charge in [-0.2, -0.15) is 0 Å². The molecule has 0 unspecified atom stereocenters. The van der Waals surface area contributed by atoms with E-state index in [1.165, 1.54) is 90.0 Å². The van der Waals surface area contributed by atoms with Crippen molar-refractivity contribution in [3.8, 4) is 0 Å². The summed E-state index contributed by atoms with van der Waals surface area (Å²) in [6.45, 7) is 10.2. The molecule has 0 radical (unpaired) electrons. The van der Waals surface area contributed by atoms with Crippen LogP contribution in [0.15, 0.2) is 0 Å². The second kappa shape index (κ2) is 17.7. The van der Waals surface area contributed by atoms with Crippen LogP contribution >= 0.6 is 0 Å². The number of methoxy groups -OCH3 is 1. The Balaban J connectivity index is 3.00. The van der Waals surface area contributed by atoms with Crippen molar-refractivity contribution in [2.45, 2.75) is 111 Å². The molecule has 2 heteroatoms. The lowest BCUT2D eigenvalue weighted by Gasteiger charge is -2.17. The zero-order valence-corrected chi connectivity index (χ0v) is 17.4. The van der Waals surface area contributed by atoms with E-state index >= 15 is 0 Å². The molecule has 0 heterocycles. The Bertz CT molecular complexity index is 235. The SMILES string of the molecule is COCCCNCCCCCCCCCCCCCCC(C)(C)C. The highest BCUT2D eigenvalue weighted by atomic mass is 16.5. The van der Waals surface area contributed by atoms with E-state index in [1.807, 2.05) is 0 Å². The van der Waals surface area contributed by atoms with Crippen LogP contribution in [0.1, 0.15) is 111 Å². The van der Waals surface area contributed by atoms with E-state index in [0.717, 1.165) is 19.6 Å². The molecule has 0 saturated carbocycles. The van der Waals surface area contributed by atoms with E-state index in [1.54, 1.807) is 7.11 Å². The molecule has 0 spiro atoms. The van der Waals surface area contributed by atoms with Gasteiger partial charge in [-0.15, -0.1) is 0 Å². The fraction of sp³-hybridized carbons (Fsp3) is 1.00. The highest BCUT2D eigenvalue weighted by Crippen LogP contribution is 2.22. The summed E-state index contributed by atoms with van der Waals surface area (Å²) in [6.07, 6.45) is 19.7. The molecule has 0 saturated heterocycles. The highest BCUT2D eigenvalue weighted by Gasteiger charge is 2.08. The third-order valence-corrected chi connectivity index (χ3v) is 4.73. The zero-order chi connectivity index (χ0) is 17.9. The largest absolute Gasteiger partial charge is 0.385 e. The van der Waals surface area contributed by atoms with Crippen molar-refractivity contribution >= 4 is 0 Å². The van der Waals surface area contributed by atoms with Crippen molar-refractivity contribution in [1.82, 2.24) is 5.32 Å². The average molecular weight is 342 g/mol. The van der Waals surface area contributed by atoms with Gasteiger partial charge in [-0.3, -0.25) is 0 Å². The topological polar surface area (TPSA) is 21.3 Å². The van der Waals surface area contributed by atoms with Crippen molar-refractivity contribution in [3.63, 3.8) is 0 Å². The molecule has 1 N–H and O–H groups in total. The van der Waals surface area contributed by atoms with Crippen LogP contribution in [0.25, 0.3) is 0 Å². The third-order valence-electron chi connectivity index (χ3n) is 4.73. The van der Waals surface area contributed by atoms with Crippen molar-refractivity contribution in [1.29, 1.82) is 0 Å². The molecule has 2 nitrogen and oxygen atoms in total. The van der Waals surface area contributed by atoms with E-state index < -0.39 is 0 Å². The molecule has 0 rings (SSSR count). The van der Waals surface area contributed by atoms with E-state index in [9.17, 15) is 0 Å². The van der Waals surface area contributed by atoms with Gasteiger partial charge >= 0.3 is 0 Å². The Morgan fingerprint density at radius 3 is 1.46 bits per heavy atom.